The molecule has 148 valence electrons. The number of aliphatic carboxylic acids is 1. The molecule has 0 unspecified atom stereocenters. The van der Waals surface area contributed by atoms with Crippen molar-refractivity contribution in [2.45, 2.75) is 18.3 Å². The van der Waals surface area contributed by atoms with Gasteiger partial charge in [0.15, 0.2) is 0 Å². The third-order valence-electron chi connectivity index (χ3n) is 4.15. The van der Waals surface area contributed by atoms with Gasteiger partial charge >= 0.3 is 11.9 Å². The first-order valence-electron chi connectivity index (χ1n) is 8.35. The van der Waals surface area contributed by atoms with E-state index in [1.165, 1.54) is 18.7 Å². The van der Waals surface area contributed by atoms with Crippen LogP contribution in [0, 0.1) is 0 Å². The van der Waals surface area contributed by atoms with E-state index in [1.807, 2.05) is 0 Å². The van der Waals surface area contributed by atoms with Crippen LogP contribution in [-0.2, 0) is 23.9 Å². The highest BCUT2D eigenvalue weighted by molar-refractivity contribution is 8.00. The monoisotopic (exact) mass is 406 g/mol. The molecule has 0 aromatic carbocycles. The molecule has 2 aliphatic rings. The number of anilines is 1. The predicted molar refractivity (Wildman–Crippen MR) is 99.0 cm³/mol. The van der Waals surface area contributed by atoms with Crippen molar-refractivity contribution in [1.29, 1.82) is 0 Å². The zero-order chi connectivity index (χ0) is 20.3. The van der Waals surface area contributed by atoms with Crippen molar-refractivity contribution < 1.29 is 29.0 Å². The number of carboxylic acid groups (broad SMARTS) is 1. The van der Waals surface area contributed by atoms with Gasteiger partial charge in [0.2, 0.25) is 5.91 Å². The number of thioether (sulfide) groups is 1. The Kier molecular flexibility index (Phi) is 5.83. The molecule has 2 atom stereocenters. The van der Waals surface area contributed by atoms with Gasteiger partial charge in [-0.2, -0.15) is 0 Å². The summed E-state index contributed by atoms with van der Waals surface area (Å²) in [5, 5.41) is 14.5. The molecule has 28 heavy (non-hydrogen) atoms. The normalized spacial score (nSPS) is 20.8. The Morgan fingerprint density at radius 2 is 2.07 bits per heavy atom. The molecule has 1 aromatic heterocycles. The number of rotatable bonds is 7. The summed E-state index contributed by atoms with van der Waals surface area (Å²) in [5.41, 5.74) is 0.877. The first kappa shape index (κ1) is 19.7. The van der Waals surface area contributed by atoms with E-state index in [9.17, 15) is 24.3 Å². The van der Waals surface area contributed by atoms with E-state index >= 15 is 0 Å². The molecule has 1 fully saturated rings. The number of fused-ring (bicyclic) bond motifs is 1. The first-order chi connectivity index (χ1) is 13.4. The molecule has 3 rings (SSSR count). The number of esters is 1. The molecule has 3 N–H and O–H groups in total. The fourth-order valence-corrected chi connectivity index (χ4v) is 4.19. The average molecular weight is 406 g/mol. The van der Waals surface area contributed by atoms with Crippen LogP contribution in [0.3, 0.4) is 0 Å². The average Bonchev–Trinajstić information content (AvgIpc) is 2.68. The van der Waals surface area contributed by atoms with Gasteiger partial charge in [-0.3, -0.25) is 24.3 Å². The van der Waals surface area contributed by atoms with Gasteiger partial charge in [-0.05, 0) is 12.1 Å². The number of hydrogen-bond donors (Lipinski definition) is 3. The molecule has 0 radical (unpaired) electrons. The Morgan fingerprint density at radius 1 is 1.36 bits per heavy atom. The van der Waals surface area contributed by atoms with Crippen LogP contribution in [-0.4, -0.2) is 69.1 Å². The van der Waals surface area contributed by atoms with Gasteiger partial charge < -0.3 is 20.5 Å². The Balaban J connectivity index is 1.62. The van der Waals surface area contributed by atoms with Crippen molar-refractivity contribution in [2.75, 3.05) is 24.2 Å². The summed E-state index contributed by atoms with van der Waals surface area (Å²) in [6.07, 6.45) is 3.17. The van der Waals surface area contributed by atoms with Crippen LogP contribution in [0.2, 0.25) is 0 Å². The number of aromatic nitrogens is 1. The summed E-state index contributed by atoms with van der Waals surface area (Å²) in [5.74, 6) is -2.42. The van der Waals surface area contributed by atoms with Crippen molar-refractivity contribution in [2.24, 2.45) is 0 Å². The van der Waals surface area contributed by atoms with E-state index < -0.39 is 29.3 Å². The summed E-state index contributed by atoms with van der Waals surface area (Å²) < 4.78 is 4.88. The molecule has 3 heterocycles. The number of pyridine rings is 1. The van der Waals surface area contributed by atoms with Gasteiger partial charge in [0.05, 0.1) is 6.54 Å². The molecule has 10 nitrogen and oxygen atoms in total. The van der Waals surface area contributed by atoms with Gasteiger partial charge in [-0.15, -0.1) is 11.8 Å². The van der Waals surface area contributed by atoms with E-state index in [1.54, 1.807) is 24.5 Å². The predicted octanol–water partition coefficient (Wildman–Crippen LogP) is -0.205. The highest BCUT2D eigenvalue weighted by Gasteiger charge is 2.54. The third kappa shape index (κ3) is 4.09. The van der Waals surface area contributed by atoms with Gasteiger partial charge in [-0.25, -0.2) is 4.79 Å². The van der Waals surface area contributed by atoms with Crippen molar-refractivity contribution in [3.8, 4) is 0 Å². The minimum Gasteiger partial charge on any atom is -0.477 e. The lowest BCUT2D eigenvalue weighted by Crippen LogP contribution is -2.71. The minimum absolute atomic E-state index is 0.0372. The Bertz CT molecular complexity index is 843. The maximum absolute atomic E-state index is 12.5. The number of nitrogens with zero attached hydrogens (tertiary/aromatic N) is 2. The molecule has 1 aromatic rings. The zero-order valence-electron chi connectivity index (χ0n) is 14.9. The smallest absolute Gasteiger partial charge is 0.352 e. The summed E-state index contributed by atoms with van der Waals surface area (Å²) in [6, 6.07) is 2.60. The molecule has 0 bridgehead atoms. The van der Waals surface area contributed by atoms with Crippen LogP contribution in [0.4, 0.5) is 5.69 Å². The highest BCUT2D eigenvalue weighted by Crippen LogP contribution is 2.40. The van der Waals surface area contributed by atoms with Gasteiger partial charge in [0.1, 0.15) is 23.7 Å². The number of hydrogen-bond acceptors (Lipinski definition) is 8. The fraction of sp³-hybridized carbons (Fsp3) is 0.353. The Hall–Kier alpha value is -3.08. The summed E-state index contributed by atoms with van der Waals surface area (Å²) in [6.45, 7) is 0.998. The molecule has 0 saturated carbocycles. The largest absolute Gasteiger partial charge is 0.477 e. The molecule has 0 spiro atoms. The number of amides is 2. The second-order valence-electron chi connectivity index (χ2n) is 6.08. The van der Waals surface area contributed by atoms with E-state index in [0.29, 0.717) is 11.3 Å². The standard InChI is InChI=1S/C17H18N4O6S/c1-9(22)27-7-10-8-28-16-13(15(24)21(16)14(10)17(25)26)20-12(23)6-19-11-2-4-18-5-3-11/h2-5,13,16H,6-8H2,1H3,(H,18,19)(H,20,23)(H,25,26)/t13-,16-/m1/s1. The number of nitrogens with one attached hydrogen (secondary N) is 2. The molecule has 2 amide bonds. The summed E-state index contributed by atoms with van der Waals surface area (Å²) in [4.78, 5) is 52.2. The van der Waals surface area contributed by atoms with Crippen LogP contribution in [0.5, 0.6) is 0 Å². The van der Waals surface area contributed by atoms with Gasteiger partial charge in [-0.1, -0.05) is 0 Å². The summed E-state index contributed by atoms with van der Waals surface area (Å²) >= 11 is 1.31. The molecule has 0 aliphatic carbocycles. The SMILES string of the molecule is CC(=O)OCC1=C(C(=O)O)N2C(=O)[C@@H](NC(=O)CNc3ccncc3)[C@H]2SC1. The van der Waals surface area contributed by atoms with Crippen molar-refractivity contribution in [3.63, 3.8) is 0 Å². The third-order valence-corrected chi connectivity index (χ3v) is 5.49. The van der Waals surface area contributed by atoms with Gasteiger partial charge in [0, 0.05) is 36.3 Å². The number of carboxylic acids is 1. The van der Waals surface area contributed by atoms with Crippen molar-refractivity contribution in [3.05, 3.63) is 35.8 Å². The highest BCUT2D eigenvalue weighted by atomic mass is 32.2. The van der Waals surface area contributed by atoms with Crippen LogP contribution < -0.4 is 10.6 Å². The molecular weight excluding hydrogens is 388 g/mol. The van der Waals surface area contributed by atoms with Crippen LogP contribution in [0.1, 0.15) is 6.92 Å². The van der Waals surface area contributed by atoms with Gasteiger partial charge in [0.25, 0.3) is 5.91 Å². The van der Waals surface area contributed by atoms with Crippen molar-refractivity contribution in [1.82, 2.24) is 15.2 Å². The quantitative estimate of drug-likeness (QED) is 0.415. The summed E-state index contributed by atoms with van der Waals surface area (Å²) in [7, 11) is 0. The van der Waals surface area contributed by atoms with E-state index in [0.717, 1.165) is 4.90 Å². The van der Waals surface area contributed by atoms with Crippen LogP contribution in [0.25, 0.3) is 0 Å². The van der Waals surface area contributed by atoms with Crippen LogP contribution in [0.15, 0.2) is 35.8 Å². The van der Waals surface area contributed by atoms with E-state index in [-0.39, 0.29) is 30.5 Å². The maximum atomic E-state index is 12.5. The van der Waals surface area contributed by atoms with Crippen LogP contribution >= 0.6 is 11.8 Å². The lowest BCUT2D eigenvalue weighted by Gasteiger charge is -2.49. The Labute approximate surface area is 164 Å². The molecule has 11 heteroatoms. The number of β-lactam (4-membered cyclic amide) rings is 1. The molecule has 1 saturated heterocycles. The molecule has 2 aliphatic heterocycles. The lowest BCUT2D eigenvalue weighted by molar-refractivity contribution is -0.150. The maximum Gasteiger partial charge on any atom is 0.352 e. The first-order valence-corrected chi connectivity index (χ1v) is 9.40. The second kappa shape index (κ2) is 8.30. The minimum atomic E-state index is -1.27. The zero-order valence-corrected chi connectivity index (χ0v) is 15.7. The van der Waals surface area contributed by atoms with E-state index in [4.69, 9.17) is 4.74 Å². The van der Waals surface area contributed by atoms with E-state index in [2.05, 4.69) is 15.6 Å². The number of carbonyl (C=O) groups excluding carboxylic acids is 3. The Morgan fingerprint density at radius 3 is 2.71 bits per heavy atom. The second-order valence-corrected chi connectivity index (χ2v) is 7.19. The topological polar surface area (TPSA) is 138 Å². The fourth-order valence-electron chi connectivity index (χ4n) is 2.86. The van der Waals surface area contributed by atoms with Crippen molar-refractivity contribution >= 4 is 41.2 Å². The number of carbonyl (C=O) groups is 4. The molecular formula is C17H18N4O6S. The lowest BCUT2D eigenvalue weighted by atomic mass is 10.0. The number of ether oxygens (including phenoxy) is 1.